The van der Waals surface area contributed by atoms with E-state index in [9.17, 15) is 4.79 Å². The molecule has 0 spiro atoms. The second-order valence-electron chi connectivity index (χ2n) is 5.09. The van der Waals surface area contributed by atoms with Crippen LogP contribution in [-0.4, -0.2) is 22.6 Å². The quantitative estimate of drug-likeness (QED) is 0.806. The van der Waals surface area contributed by atoms with E-state index in [-0.39, 0.29) is 10.7 Å². The highest BCUT2D eigenvalue weighted by molar-refractivity contribution is 6.29. The number of aromatic carboxylic acids is 1. The summed E-state index contributed by atoms with van der Waals surface area (Å²) in [5.41, 5.74) is 0.167. The summed E-state index contributed by atoms with van der Waals surface area (Å²) in [5.74, 6) is 0.347. The summed E-state index contributed by atoms with van der Waals surface area (Å²) in [6.45, 7) is 0.817. The van der Waals surface area contributed by atoms with E-state index < -0.39 is 5.97 Å². The summed E-state index contributed by atoms with van der Waals surface area (Å²) in [6.07, 6.45) is 7.76. The molecule has 1 heterocycles. The number of hydrogen-bond donors (Lipinski definition) is 2. The number of hydrogen-bond acceptors (Lipinski definition) is 3. The first-order chi connectivity index (χ1) is 9.15. The Labute approximate surface area is 118 Å². The molecule has 1 fully saturated rings. The Morgan fingerprint density at radius 1 is 1.37 bits per heavy atom. The summed E-state index contributed by atoms with van der Waals surface area (Å²) < 4.78 is 0. The zero-order valence-corrected chi connectivity index (χ0v) is 11.6. The molecule has 0 bridgehead atoms. The first-order valence-electron chi connectivity index (χ1n) is 6.80. The molecule has 2 N–H and O–H groups in total. The molecule has 1 aliphatic rings. The summed E-state index contributed by atoms with van der Waals surface area (Å²) in [7, 11) is 0. The number of nitrogens with one attached hydrogen (secondary N) is 1. The summed E-state index contributed by atoms with van der Waals surface area (Å²) in [5, 5.41) is 12.3. The Morgan fingerprint density at radius 3 is 2.79 bits per heavy atom. The van der Waals surface area contributed by atoms with Crippen LogP contribution in [0.2, 0.25) is 5.15 Å². The van der Waals surface area contributed by atoms with Crippen molar-refractivity contribution in [3.63, 3.8) is 0 Å². The maximum Gasteiger partial charge on any atom is 0.335 e. The van der Waals surface area contributed by atoms with E-state index in [0.717, 1.165) is 18.9 Å². The molecule has 0 aliphatic heterocycles. The number of aromatic nitrogens is 1. The minimum atomic E-state index is -0.986. The van der Waals surface area contributed by atoms with Crippen LogP contribution < -0.4 is 5.32 Å². The lowest BCUT2D eigenvalue weighted by atomic mass is 9.87. The zero-order valence-electron chi connectivity index (χ0n) is 10.9. The Hall–Kier alpha value is -1.29. The van der Waals surface area contributed by atoms with E-state index in [1.807, 2.05) is 0 Å². The number of anilines is 1. The summed E-state index contributed by atoms with van der Waals surface area (Å²) >= 11 is 5.81. The number of carbonyl (C=O) groups is 1. The van der Waals surface area contributed by atoms with E-state index >= 15 is 0 Å². The Morgan fingerprint density at radius 2 is 2.11 bits per heavy atom. The van der Waals surface area contributed by atoms with Crippen molar-refractivity contribution in [3.8, 4) is 0 Å². The third kappa shape index (κ3) is 4.39. The van der Waals surface area contributed by atoms with E-state index in [1.165, 1.54) is 44.2 Å². The lowest BCUT2D eigenvalue weighted by molar-refractivity contribution is 0.0697. The van der Waals surface area contributed by atoms with Gasteiger partial charge in [0.15, 0.2) is 0 Å². The lowest BCUT2D eigenvalue weighted by Crippen LogP contribution is -2.13. The van der Waals surface area contributed by atoms with Crippen molar-refractivity contribution in [3.05, 3.63) is 22.8 Å². The third-order valence-corrected chi connectivity index (χ3v) is 3.82. The number of rotatable bonds is 5. The van der Waals surface area contributed by atoms with Crippen molar-refractivity contribution in [1.29, 1.82) is 0 Å². The number of pyridine rings is 1. The molecule has 1 saturated carbocycles. The van der Waals surface area contributed by atoms with Crippen LogP contribution in [0.15, 0.2) is 12.1 Å². The van der Waals surface area contributed by atoms with E-state index in [0.29, 0.717) is 5.82 Å². The molecule has 1 aromatic rings. The molecule has 5 heteroatoms. The molecule has 0 atom stereocenters. The van der Waals surface area contributed by atoms with Crippen LogP contribution in [0.25, 0.3) is 0 Å². The molecule has 2 rings (SSSR count). The molecule has 0 unspecified atom stereocenters. The van der Waals surface area contributed by atoms with Gasteiger partial charge in [-0.3, -0.25) is 0 Å². The van der Waals surface area contributed by atoms with Gasteiger partial charge in [0, 0.05) is 6.54 Å². The van der Waals surface area contributed by atoms with Gasteiger partial charge in [-0.15, -0.1) is 0 Å². The lowest BCUT2D eigenvalue weighted by Gasteiger charge is -2.21. The molecule has 19 heavy (non-hydrogen) atoms. The zero-order chi connectivity index (χ0) is 13.7. The van der Waals surface area contributed by atoms with Crippen molar-refractivity contribution < 1.29 is 9.90 Å². The summed E-state index contributed by atoms with van der Waals surface area (Å²) in [4.78, 5) is 15.0. The van der Waals surface area contributed by atoms with Gasteiger partial charge in [-0.05, 0) is 24.5 Å². The SMILES string of the molecule is O=C(O)c1cc(Cl)nc(NCCC2CCCCC2)c1. The molecule has 104 valence electrons. The van der Waals surface area contributed by atoms with Crippen LogP contribution in [0, 0.1) is 5.92 Å². The van der Waals surface area contributed by atoms with Crippen LogP contribution in [0.1, 0.15) is 48.9 Å². The number of carboxylic acid groups (broad SMARTS) is 1. The minimum absolute atomic E-state index is 0.167. The maximum absolute atomic E-state index is 10.9. The smallest absolute Gasteiger partial charge is 0.335 e. The molecule has 1 aliphatic carbocycles. The largest absolute Gasteiger partial charge is 0.478 e. The van der Waals surface area contributed by atoms with Gasteiger partial charge in [-0.2, -0.15) is 0 Å². The standard InChI is InChI=1S/C14H19ClN2O2/c15-12-8-11(14(18)19)9-13(17-12)16-7-6-10-4-2-1-3-5-10/h8-10H,1-7H2,(H,16,17)(H,18,19). The average molecular weight is 283 g/mol. The van der Waals surface area contributed by atoms with E-state index in [4.69, 9.17) is 16.7 Å². The van der Waals surface area contributed by atoms with Gasteiger partial charge in [-0.25, -0.2) is 9.78 Å². The average Bonchev–Trinajstić information content (AvgIpc) is 2.39. The fraction of sp³-hybridized carbons (Fsp3) is 0.571. The van der Waals surface area contributed by atoms with Crippen LogP contribution in [-0.2, 0) is 0 Å². The molecule has 0 amide bonds. The molecule has 0 radical (unpaired) electrons. The highest BCUT2D eigenvalue weighted by Crippen LogP contribution is 2.26. The first-order valence-corrected chi connectivity index (χ1v) is 7.17. The van der Waals surface area contributed by atoms with Crippen molar-refractivity contribution in [2.24, 2.45) is 5.92 Å². The molecular weight excluding hydrogens is 264 g/mol. The van der Waals surface area contributed by atoms with Gasteiger partial charge in [0.25, 0.3) is 0 Å². The Bertz CT molecular complexity index is 445. The minimum Gasteiger partial charge on any atom is -0.478 e. The Balaban J connectivity index is 1.86. The van der Waals surface area contributed by atoms with Gasteiger partial charge in [0.1, 0.15) is 11.0 Å². The van der Waals surface area contributed by atoms with Gasteiger partial charge in [-0.1, -0.05) is 43.7 Å². The van der Waals surface area contributed by atoms with Gasteiger partial charge in [0.05, 0.1) is 5.56 Å². The van der Waals surface area contributed by atoms with Crippen molar-refractivity contribution in [2.75, 3.05) is 11.9 Å². The van der Waals surface area contributed by atoms with Crippen molar-refractivity contribution in [2.45, 2.75) is 38.5 Å². The highest BCUT2D eigenvalue weighted by Gasteiger charge is 2.13. The van der Waals surface area contributed by atoms with Crippen molar-refractivity contribution in [1.82, 2.24) is 4.98 Å². The predicted molar refractivity (Wildman–Crippen MR) is 75.9 cm³/mol. The van der Waals surface area contributed by atoms with E-state index in [1.54, 1.807) is 0 Å². The van der Waals surface area contributed by atoms with Crippen molar-refractivity contribution >= 4 is 23.4 Å². The first kappa shape index (κ1) is 14.1. The van der Waals surface area contributed by atoms with Crippen LogP contribution >= 0.6 is 11.6 Å². The number of nitrogens with zero attached hydrogens (tertiary/aromatic N) is 1. The van der Waals surface area contributed by atoms with Crippen LogP contribution in [0.5, 0.6) is 0 Å². The van der Waals surface area contributed by atoms with Crippen LogP contribution in [0.4, 0.5) is 5.82 Å². The predicted octanol–water partition coefficient (Wildman–Crippen LogP) is 3.82. The van der Waals surface area contributed by atoms with Gasteiger partial charge >= 0.3 is 5.97 Å². The van der Waals surface area contributed by atoms with E-state index in [2.05, 4.69) is 10.3 Å². The summed E-state index contributed by atoms with van der Waals surface area (Å²) in [6, 6.07) is 2.88. The highest BCUT2D eigenvalue weighted by atomic mass is 35.5. The fourth-order valence-electron chi connectivity index (χ4n) is 2.59. The van der Waals surface area contributed by atoms with Gasteiger partial charge in [0.2, 0.25) is 0 Å². The molecule has 4 nitrogen and oxygen atoms in total. The number of halogens is 1. The van der Waals surface area contributed by atoms with Crippen LogP contribution in [0.3, 0.4) is 0 Å². The number of carboxylic acids is 1. The van der Waals surface area contributed by atoms with Gasteiger partial charge < -0.3 is 10.4 Å². The Kier molecular flexibility index (Phi) is 5.02. The monoisotopic (exact) mass is 282 g/mol. The third-order valence-electron chi connectivity index (χ3n) is 3.62. The second kappa shape index (κ2) is 6.75. The fourth-order valence-corrected chi connectivity index (χ4v) is 2.80. The molecule has 1 aromatic heterocycles. The normalized spacial score (nSPS) is 16.3. The molecule has 0 aromatic carbocycles. The molecule has 0 saturated heterocycles. The maximum atomic E-state index is 10.9. The topological polar surface area (TPSA) is 62.2 Å². The molecular formula is C14H19ClN2O2. The second-order valence-corrected chi connectivity index (χ2v) is 5.48.